The number of nitrogens with two attached hydrogens (primary N) is 1. The minimum absolute atomic E-state index is 0.185. The first kappa shape index (κ1) is 10.5. The van der Waals surface area contributed by atoms with E-state index in [0.29, 0.717) is 0 Å². The lowest BCUT2D eigenvalue weighted by Crippen LogP contribution is -2.11. The maximum Gasteiger partial charge on any atom is 0.0431 e. The summed E-state index contributed by atoms with van der Waals surface area (Å²) in [4.78, 5) is 2.95. The second kappa shape index (κ2) is 4.32. The zero-order valence-corrected chi connectivity index (χ0v) is 10.7. The molecule has 0 bridgehead atoms. The molecule has 0 aromatic carbocycles. The number of hydrogen-bond donors (Lipinski definition) is 1. The summed E-state index contributed by atoms with van der Waals surface area (Å²) in [5.41, 5.74) is 9.19. The third-order valence-corrected chi connectivity index (χ3v) is 5.27. The number of fused-ring (bicyclic) bond motifs is 1. The van der Waals surface area contributed by atoms with Gasteiger partial charge in [-0.05, 0) is 59.7 Å². The van der Waals surface area contributed by atoms with E-state index in [9.17, 15) is 0 Å². The van der Waals surface area contributed by atoms with Crippen LogP contribution in [0.15, 0.2) is 22.9 Å². The number of thiophene rings is 2. The fraction of sp³-hybridized carbons (Fsp3) is 0.385. The van der Waals surface area contributed by atoms with Crippen LogP contribution >= 0.6 is 22.7 Å². The van der Waals surface area contributed by atoms with Crippen molar-refractivity contribution in [2.75, 3.05) is 0 Å². The van der Waals surface area contributed by atoms with Gasteiger partial charge < -0.3 is 5.73 Å². The van der Waals surface area contributed by atoms with Gasteiger partial charge in [0.25, 0.3) is 0 Å². The van der Waals surface area contributed by atoms with Crippen molar-refractivity contribution in [2.45, 2.75) is 31.7 Å². The Morgan fingerprint density at radius 3 is 3.06 bits per heavy atom. The van der Waals surface area contributed by atoms with Crippen LogP contribution in [0.1, 0.15) is 33.3 Å². The molecule has 0 aliphatic heterocycles. The summed E-state index contributed by atoms with van der Waals surface area (Å²) in [5.74, 6) is 0. The van der Waals surface area contributed by atoms with Crippen LogP contribution in [0.5, 0.6) is 0 Å². The standard InChI is InChI=1S/C13H15NS2/c14-11(6-9-4-5-15-8-9)13-7-10-2-1-3-12(10)16-13/h4-5,7-8,11H,1-3,6,14H2. The molecule has 0 spiro atoms. The van der Waals surface area contributed by atoms with E-state index < -0.39 is 0 Å². The predicted molar refractivity (Wildman–Crippen MR) is 71.3 cm³/mol. The summed E-state index contributed by atoms with van der Waals surface area (Å²) in [6, 6.07) is 4.70. The van der Waals surface area contributed by atoms with E-state index in [1.54, 1.807) is 21.8 Å². The maximum absolute atomic E-state index is 6.26. The van der Waals surface area contributed by atoms with E-state index in [1.807, 2.05) is 11.3 Å². The largest absolute Gasteiger partial charge is 0.323 e. The quantitative estimate of drug-likeness (QED) is 0.884. The Kier molecular flexibility index (Phi) is 2.84. The van der Waals surface area contributed by atoms with Gasteiger partial charge in [-0.3, -0.25) is 0 Å². The first-order valence-electron chi connectivity index (χ1n) is 5.71. The second-order valence-electron chi connectivity index (χ2n) is 4.39. The van der Waals surface area contributed by atoms with Crippen LogP contribution in [0, 0.1) is 0 Å². The van der Waals surface area contributed by atoms with Crippen LogP contribution < -0.4 is 5.73 Å². The third kappa shape index (κ3) is 1.95. The molecule has 84 valence electrons. The van der Waals surface area contributed by atoms with Gasteiger partial charge in [0.1, 0.15) is 0 Å². The Bertz CT molecular complexity index is 449. The molecule has 3 rings (SSSR count). The highest BCUT2D eigenvalue weighted by Gasteiger charge is 2.18. The van der Waals surface area contributed by atoms with Crippen LogP contribution in [0.3, 0.4) is 0 Å². The van der Waals surface area contributed by atoms with Crippen molar-refractivity contribution in [2.24, 2.45) is 5.73 Å². The van der Waals surface area contributed by atoms with E-state index >= 15 is 0 Å². The smallest absolute Gasteiger partial charge is 0.0431 e. The molecule has 16 heavy (non-hydrogen) atoms. The molecule has 3 heteroatoms. The van der Waals surface area contributed by atoms with E-state index in [2.05, 4.69) is 22.9 Å². The van der Waals surface area contributed by atoms with Gasteiger partial charge >= 0.3 is 0 Å². The molecule has 1 unspecified atom stereocenters. The van der Waals surface area contributed by atoms with Crippen LogP contribution in [-0.2, 0) is 19.3 Å². The van der Waals surface area contributed by atoms with Gasteiger partial charge in [0.05, 0.1) is 0 Å². The van der Waals surface area contributed by atoms with Gasteiger partial charge in [0, 0.05) is 15.8 Å². The summed E-state index contributed by atoms with van der Waals surface area (Å²) >= 11 is 3.68. The van der Waals surface area contributed by atoms with Gasteiger partial charge in [-0.1, -0.05) is 0 Å². The summed E-state index contributed by atoms with van der Waals surface area (Å²) in [5, 5.41) is 4.32. The normalized spacial score (nSPS) is 16.3. The molecule has 0 amide bonds. The zero-order valence-electron chi connectivity index (χ0n) is 9.11. The lowest BCUT2D eigenvalue weighted by molar-refractivity contribution is 0.737. The molecule has 2 aromatic heterocycles. The van der Waals surface area contributed by atoms with Gasteiger partial charge in [0.15, 0.2) is 0 Å². The number of hydrogen-bond acceptors (Lipinski definition) is 3. The SMILES string of the molecule is NC(Cc1ccsc1)c1cc2c(s1)CCC2. The average molecular weight is 249 g/mol. The summed E-state index contributed by atoms with van der Waals surface area (Å²) in [7, 11) is 0. The van der Waals surface area contributed by atoms with Crippen LogP contribution in [0.4, 0.5) is 0 Å². The Labute approximate surface area is 104 Å². The maximum atomic E-state index is 6.26. The van der Waals surface area contributed by atoms with Crippen LogP contribution in [0.25, 0.3) is 0 Å². The Balaban J connectivity index is 1.76. The molecule has 0 fully saturated rings. The fourth-order valence-corrected chi connectivity index (χ4v) is 4.24. The molecule has 1 aliphatic carbocycles. The lowest BCUT2D eigenvalue weighted by atomic mass is 10.1. The third-order valence-electron chi connectivity index (χ3n) is 3.17. The van der Waals surface area contributed by atoms with Gasteiger partial charge in [0.2, 0.25) is 0 Å². The molecule has 1 nitrogen and oxygen atoms in total. The van der Waals surface area contributed by atoms with Crippen molar-refractivity contribution in [3.8, 4) is 0 Å². The van der Waals surface area contributed by atoms with E-state index in [1.165, 1.54) is 29.7 Å². The monoisotopic (exact) mass is 249 g/mol. The molecular formula is C13H15NS2. The Hall–Kier alpha value is -0.640. The van der Waals surface area contributed by atoms with Crippen molar-refractivity contribution >= 4 is 22.7 Å². The molecule has 0 saturated heterocycles. The van der Waals surface area contributed by atoms with Crippen LogP contribution in [0.2, 0.25) is 0 Å². The minimum Gasteiger partial charge on any atom is -0.323 e. The highest BCUT2D eigenvalue weighted by molar-refractivity contribution is 7.12. The Morgan fingerprint density at radius 1 is 1.38 bits per heavy atom. The average Bonchev–Trinajstić information content (AvgIpc) is 2.91. The lowest BCUT2D eigenvalue weighted by Gasteiger charge is -2.07. The zero-order chi connectivity index (χ0) is 11.0. The first-order chi connectivity index (χ1) is 7.83. The molecular weight excluding hydrogens is 234 g/mol. The number of aryl methyl sites for hydroxylation is 2. The molecule has 0 radical (unpaired) electrons. The van der Waals surface area contributed by atoms with Crippen molar-refractivity contribution in [3.63, 3.8) is 0 Å². The van der Waals surface area contributed by atoms with E-state index in [0.717, 1.165) is 6.42 Å². The fourth-order valence-electron chi connectivity index (χ4n) is 2.30. The van der Waals surface area contributed by atoms with E-state index in [4.69, 9.17) is 5.73 Å². The molecule has 1 atom stereocenters. The highest BCUT2D eigenvalue weighted by atomic mass is 32.1. The van der Waals surface area contributed by atoms with Crippen molar-refractivity contribution in [3.05, 3.63) is 43.8 Å². The predicted octanol–water partition coefficient (Wildman–Crippen LogP) is 3.54. The molecule has 2 N–H and O–H groups in total. The summed E-state index contributed by atoms with van der Waals surface area (Å²) in [6.45, 7) is 0. The van der Waals surface area contributed by atoms with Crippen LogP contribution in [-0.4, -0.2) is 0 Å². The number of rotatable bonds is 3. The Morgan fingerprint density at radius 2 is 2.31 bits per heavy atom. The second-order valence-corrected chi connectivity index (χ2v) is 6.34. The minimum atomic E-state index is 0.185. The van der Waals surface area contributed by atoms with Crippen molar-refractivity contribution in [1.82, 2.24) is 0 Å². The van der Waals surface area contributed by atoms with Gasteiger partial charge in [-0.15, -0.1) is 11.3 Å². The molecule has 2 heterocycles. The highest BCUT2D eigenvalue weighted by Crippen LogP contribution is 2.34. The molecule has 1 aliphatic rings. The molecule has 0 saturated carbocycles. The van der Waals surface area contributed by atoms with Gasteiger partial charge in [-0.2, -0.15) is 11.3 Å². The molecule has 2 aromatic rings. The van der Waals surface area contributed by atoms with Crippen molar-refractivity contribution in [1.29, 1.82) is 0 Å². The van der Waals surface area contributed by atoms with E-state index in [-0.39, 0.29) is 6.04 Å². The van der Waals surface area contributed by atoms with Gasteiger partial charge in [-0.25, -0.2) is 0 Å². The first-order valence-corrected chi connectivity index (χ1v) is 7.47. The summed E-state index contributed by atoms with van der Waals surface area (Å²) in [6.07, 6.45) is 4.84. The summed E-state index contributed by atoms with van der Waals surface area (Å²) < 4.78 is 0. The van der Waals surface area contributed by atoms with Crippen molar-refractivity contribution < 1.29 is 0 Å². The topological polar surface area (TPSA) is 26.0 Å².